The largest absolute Gasteiger partial charge is 0.451 e. The van der Waals surface area contributed by atoms with Crippen LogP contribution in [0, 0.1) is 5.82 Å². The third-order valence-electron chi connectivity index (χ3n) is 1.08. The van der Waals surface area contributed by atoms with Gasteiger partial charge in [0.2, 0.25) is 0 Å². The summed E-state index contributed by atoms with van der Waals surface area (Å²) in [4.78, 5) is 0. The Kier molecular flexibility index (Phi) is 2.54. The summed E-state index contributed by atoms with van der Waals surface area (Å²) in [6.45, 7) is 1.67. The van der Waals surface area contributed by atoms with E-state index >= 15 is 0 Å². The van der Waals surface area contributed by atoms with Crippen molar-refractivity contribution in [2.24, 2.45) is 0 Å². The first kappa shape index (κ1) is 8.14. The summed E-state index contributed by atoms with van der Waals surface area (Å²) in [5.74, 6) is 0.290. The highest BCUT2D eigenvalue weighted by atomic mass is 32.1. The Bertz CT molecular complexity index is 255. The van der Waals surface area contributed by atoms with E-state index in [4.69, 9.17) is 17.0 Å². The van der Waals surface area contributed by atoms with Gasteiger partial charge in [-0.3, -0.25) is 0 Å². The fraction of sp³-hybridized carbons (Fsp3) is 0.125. The molecule has 0 amide bonds. The first-order chi connectivity index (χ1) is 5.18. The summed E-state index contributed by atoms with van der Waals surface area (Å²) in [5, 5.41) is 0.427. The van der Waals surface area contributed by atoms with E-state index in [0.29, 0.717) is 10.8 Å². The fourth-order valence-electron chi connectivity index (χ4n) is 0.669. The molecule has 58 valence electrons. The highest BCUT2D eigenvalue weighted by Gasteiger charge is 1.93. The Morgan fingerprint density at radius 2 is 1.91 bits per heavy atom. The van der Waals surface area contributed by atoms with E-state index in [1.54, 1.807) is 6.92 Å². The molecule has 0 atom stereocenters. The third kappa shape index (κ3) is 2.63. The molecule has 0 fully saturated rings. The van der Waals surface area contributed by atoms with Crippen LogP contribution in [-0.4, -0.2) is 5.05 Å². The predicted molar refractivity (Wildman–Crippen MR) is 45.3 cm³/mol. The van der Waals surface area contributed by atoms with Gasteiger partial charge in [-0.1, -0.05) is 0 Å². The maximum absolute atomic E-state index is 12.3. The summed E-state index contributed by atoms with van der Waals surface area (Å²) in [7, 11) is 0. The van der Waals surface area contributed by atoms with Crippen molar-refractivity contribution in [3.8, 4) is 5.75 Å². The second-order valence-corrected chi connectivity index (χ2v) is 2.62. The molecule has 1 aromatic rings. The monoisotopic (exact) mass is 170 g/mol. The van der Waals surface area contributed by atoms with Crippen molar-refractivity contribution < 1.29 is 9.13 Å². The van der Waals surface area contributed by atoms with Gasteiger partial charge in [0.25, 0.3) is 0 Å². The molecule has 11 heavy (non-hydrogen) atoms. The molecule has 0 aliphatic rings. The molecular weight excluding hydrogens is 163 g/mol. The number of halogens is 1. The van der Waals surface area contributed by atoms with E-state index < -0.39 is 0 Å². The Labute approximate surface area is 69.8 Å². The number of ether oxygens (including phenoxy) is 1. The summed E-state index contributed by atoms with van der Waals surface area (Å²) >= 11 is 4.69. The maximum Gasteiger partial charge on any atom is 0.164 e. The molecule has 0 bridgehead atoms. The molecule has 0 saturated carbocycles. The summed E-state index contributed by atoms with van der Waals surface area (Å²) in [5.41, 5.74) is 0. The third-order valence-corrected chi connectivity index (χ3v) is 1.16. The molecule has 0 heterocycles. The van der Waals surface area contributed by atoms with Crippen molar-refractivity contribution in [1.29, 1.82) is 0 Å². The minimum Gasteiger partial charge on any atom is -0.451 e. The van der Waals surface area contributed by atoms with Gasteiger partial charge in [0.1, 0.15) is 11.6 Å². The van der Waals surface area contributed by atoms with Crippen LogP contribution in [0.1, 0.15) is 6.92 Å². The predicted octanol–water partition coefficient (Wildman–Crippen LogP) is 2.55. The SMILES string of the molecule is CC(=S)Oc1ccc(F)cc1. The van der Waals surface area contributed by atoms with Crippen molar-refractivity contribution in [3.05, 3.63) is 30.1 Å². The second kappa shape index (κ2) is 3.44. The molecule has 0 aliphatic carbocycles. The van der Waals surface area contributed by atoms with Crippen LogP contribution in [0.15, 0.2) is 24.3 Å². The van der Waals surface area contributed by atoms with Gasteiger partial charge in [0.15, 0.2) is 5.05 Å². The smallest absolute Gasteiger partial charge is 0.164 e. The van der Waals surface area contributed by atoms with E-state index in [1.165, 1.54) is 24.3 Å². The van der Waals surface area contributed by atoms with Gasteiger partial charge < -0.3 is 4.74 Å². The van der Waals surface area contributed by atoms with E-state index in [1.807, 2.05) is 0 Å². The maximum atomic E-state index is 12.3. The minimum absolute atomic E-state index is 0.278. The lowest BCUT2D eigenvalue weighted by Crippen LogP contribution is -1.97. The molecule has 0 aliphatic heterocycles. The quantitative estimate of drug-likeness (QED) is 0.599. The van der Waals surface area contributed by atoms with Crippen LogP contribution in [0.4, 0.5) is 4.39 Å². The van der Waals surface area contributed by atoms with Crippen LogP contribution >= 0.6 is 12.2 Å². The van der Waals surface area contributed by atoms with Gasteiger partial charge >= 0.3 is 0 Å². The van der Waals surface area contributed by atoms with Gasteiger partial charge in [0, 0.05) is 6.92 Å². The van der Waals surface area contributed by atoms with Crippen LogP contribution in [0.2, 0.25) is 0 Å². The molecule has 0 aromatic heterocycles. The van der Waals surface area contributed by atoms with Gasteiger partial charge in [0.05, 0.1) is 0 Å². The first-order valence-electron chi connectivity index (χ1n) is 3.12. The molecule has 0 spiro atoms. The van der Waals surface area contributed by atoms with E-state index in [2.05, 4.69) is 0 Å². The zero-order chi connectivity index (χ0) is 8.27. The van der Waals surface area contributed by atoms with Crippen molar-refractivity contribution in [2.45, 2.75) is 6.92 Å². The van der Waals surface area contributed by atoms with E-state index in [9.17, 15) is 4.39 Å². The lowest BCUT2D eigenvalue weighted by Gasteiger charge is -2.00. The van der Waals surface area contributed by atoms with E-state index in [0.717, 1.165) is 0 Å². The molecule has 0 N–H and O–H groups in total. The fourth-order valence-corrected chi connectivity index (χ4v) is 0.765. The molecule has 1 aromatic carbocycles. The standard InChI is InChI=1S/C8H7FOS/c1-6(11)10-8-4-2-7(9)3-5-8/h2-5H,1H3. The topological polar surface area (TPSA) is 9.23 Å². The number of hydrogen-bond donors (Lipinski definition) is 0. The summed E-state index contributed by atoms with van der Waals surface area (Å²) in [6.07, 6.45) is 0. The molecular formula is C8H7FOS. The Balaban J connectivity index is 2.74. The van der Waals surface area contributed by atoms with Crippen molar-refractivity contribution in [2.75, 3.05) is 0 Å². The van der Waals surface area contributed by atoms with Crippen molar-refractivity contribution in [1.82, 2.24) is 0 Å². The van der Waals surface area contributed by atoms with Crippen molar-refractivity contribution in [3.63, 3.8) is 0 Å². The highest BCUT2D eigenvalue weighted by molar-refractivity contribution is 7.80. The van der Waals surface area contributed by atoms with Gasteiger partial charge in [-0.15, -0.1) is 0 Å². The van der Waals surface area contributed by atoms with E-state index in [-0.39, 0.29) is 5.82 Å². The summed E-state index contributed by atoms with van der Waals surface area (Å²) in [6, 6.07) is 5.72. The van der Waals surface area contributed by atoms with Crippen LogP contribution < -0.4 is 4.74 Å². The highest BCUT2D eigenvalue weighted by Crippen LogP contribution is 2.11. The van der Waals surface area contributed by atoms with Gasteiger partial charge in [-0.25, -0.2) is 4.39 Å². The lowest BCUT2D eigenvalue weighted by molar-refractivity contribution is 0.555. The molecule has 3 heteroatoms. The zero-order valence-corrected chi connectivity index (χ0v) is 6.82. The Hall–Kier alpha value is -0.960. The second-order valence-electron chi connectivity index (χ2n) is 2.05. The van der Waals surface area contributed by atoms with Crippen LogP contribution in [0.5, 0.6) is 5.75 Å². The number of hydrogen-bond acceptors (Lipinski definition) is 2. The summed E-state index contributed by atoms with van der Waals surface area (Å²) < 4.78 is 17.4. The minimum atomic E-state index is -0.278. The number of thiocarbonyl (C=S) groups is 1. The average Bonchev–Trinajstić information content (AvgIpc) is 1.93. The van der Waals surface area contributed by atoms with Crippen molar-refractivity contribution >= 4 is 17.3 Å². The van der Waals surface area contributed by atoms with Crippen LogP contribution in [0.3, 0.4) is 0 Å². The number of rotatable bonds is 1. The number of benzene rings is 1. The van der Waals surface area contributed by atoms with Gasteiger partial charge in [-0.05, 0) is 36.5 Å². The lowest BCUT2D eigenvalue weighted by atomic mass is 10.3. The first-order valence-corrected chi connectivity index (χ1v) is 3.53. The Morgan fingerprint density at radius 3 is 2.36 bits per heavy atom. The normalized spacial score (nSPS) is 9.27. The van der Waals surface area contributed by atoms with Crippen LogP contribution in [0.25, 0.3) is 0 Å². The molecule has 0 saturated heterocycles. The zero-order valence-electron chi connectivity index (χ0n) is 6.00. The molecule has 0 radical (unpaired) electrons. The average molecular weight is 170 g/mol. The molecule has 1 rings (SSSR count). The van der Waals surface area contributed by atoms with Gasteiger partial charge in [-0.2, -0.15) is 0 Å². The molecule has 1 nitrogen and oxygen atoms in total. The molecule has 0 unspecified atom stereocenters. The van der Waals surface area contributed by atoms with Crippen LogP contribution in [-0.2, 0) is 0 Å². The Morgan fingerprint density at radius 1 is 1.36 bits per heavy atom.